The van der Waals surface area contributed by atoms with Crippen LogP contribution in [0.3, 0.4) is 0 Å². The highest BCUT2D eigenvalue weighted by atomic mass is 19.4. The molecule has 3 aliphatic heterocycles. The van der Waals surface area contributed by atoms with Gasteiger partial charge in [-0.15, -0.1) is 0 Å². The summed E-state index contributed by atoms with van der Waals surface area (Å²) in [6.07, 6.45) is -4.63. The summed E-state index contributed by atoms with van der Waals surface area (Å²) in [5.74, 6) is -3.90. The van der Waals surface area contributed by atoms with E-state index >= 15 is 0 Å². The van der Waals surface area contributed by atoms with E-state index in [2.05, 4.69) is 21.3 Å². The summed E-state index contributed by atoms with van der Waals surface area (Å²) < 4.78 is 38.7. The molecule has 0 saturated carbocycles. The first kappa shape index (κ1) is 19.3. The Balaban J connectivity index is 1.63. The van der Waals surface area contributed by atoms with E-state index in [0.717, 1.165) is 12.1 Å². The Morgan fingerprint density at radius 3 is 2.72 bits per heavy atom. The van der Waals surface area contributed by atoms with Crippen LogP contribution in [0.1, 0.15) is 15.9 Å². The fourth-order valence-electron chi connectivity index (χ4n) is 4.10. The lowest BCUT2D eigenvalue weighted by Crippen LogP contribution is -2.78. The number of amides is 1. The molecular weight excluding hydrogens is 395 g/mol. The number of carbonyl (C=O) groups excluding carboxylic acids is 1. The van der Waals surface area contributed by atoms with Gasteiger partial charge < -0.3 is 36.4 Å². The number of carbonyl (C=O) groups is 1. The minimum absolute atomic E-state index is 0.113. The molecule has 1 spiro atoms. The summed E-state index contributed by atoms with van der Waals surface area (Å²) in [5, 5.41) is 48.2. The number of rotatable bonds is 2. The number of nitrogens with zero attached hydrogens (tertiary/aromatic N) is 1. The predicted molar refractivity (Wildman–Crippen MR) is 92.8 cm³/mol. The van der Waals surface area contributed by atoms with Gasteiger partial charge in [0.25, 0.3) is 5.91 Å². The van der Waals surface area contributed by atoms with E-state index in [1.165, 1.54) is 11.0 Å². The number of guanidine groups is 2. The third-order valence-corrected chi connectivity index (χ3v) is 5.48. The van der Waals surface area contributed by atoms with Gasteiger partial charge in [-0.1, -0.05) is 6.07 Å². The fourth-order valence-corrected chi connectivity index (χ4v) is 4.10. The van der Waals surface area contributed by atoms with E-state index in [-0.39, 0.29) is 30.6 Å². The average molecular weight is 413 g/mol. The second kappa shape index (κ2) is 5.97. The van der Waals surface area contributed by atoms with Crippen molar-refractivity contribution in [1.82, 2.24) is 26.2 Å². The first-order valence-corrected chi connectivity index (χ1v) is 8.63. The molecular formula is C16H18F3N7O3. The maximum atomic E-state index is 12.9. The van der Waals surface area contributed by atoms with Crippen molar-refractivity contribution in [3.05, 3.63) is 35.4 Å². The quantitative estimate of drug-likeness (QED) is 0.275. The van der Waals surface area contributed by atoms with Crippen LogP contribution in [0.5, 0.6) is 0 Å². The van der Waals surface area contributed by atoms with Crippen molar-refractivity contribution in [3.8, 4) is 0 Å². The zero-order valence-electron chi connectivity index (χ0n) is 14.8. The molecule has 1 aromatic rings. The van der Waals surface area contributed by atoms with Crippen molar-refractivity contribution in [2.75, 3.05) is 13.1 Å². The second-order valence-corrected chi connectivity index (χ2v) is 7.13. The van der Waals surface area contributed by atoms with Gasteiger partial charge in [0.1, 0.15) is 6.04 Å². The Morgan fingerprint density at radius 2 is 2.03 bits per heavy atom. The van der Waals surface area contributed by atoms with Crippen LogP contribution >= 0.6 is 0 Å². The van der Waals surface area contributed by atoms with Gasteiger partial charge in [-0.3, -0.25) is 15.6 Å². The lowest BCUT2D eigenvalue weighted by Gasteiger charge is -2.48. The Hall–Kier alpha value is -3.06. The molecule has 10 nitrogen and oxygen atoms in total. The SMILES string of the molecule is N=C1NC2CNC(=N)N3C[C@H](NC(=O)c4cccc(C(F)(F)F)c4)C(O)(O)C23N1. The van der Waals surface area contributed by atoms with Crippen LogP contribution < -0.4 is 21.3 Å². The van der Waals surface area contributed by atoms with Crippen molar-refractivity contribution in [1.29, 1.82) is 10.8 Å². The zero-order chi connectivity index (χ0) is 21.2. The van der Waals surface area contributed by atoms with Gasteiger partial charge in [-0.25, -0.2) is 0 Å². The molecule has 1 amide bonds. The largest absolute Gasteiger partial charge is 0.416 e. The standard InChI is InChI=1S/C16H18F3N7O3/c17-16(18,19)8-3-1-2-7(4-8)11(27)23-10-6-26-13(21)22-5-9-14(26,15(10,28)29)25-12(20)24-9/h1-4,9-10,28-29H,5-6H2,(H2,21,22)(H,23,27)(H3,20,24,25)/t9?,10-,14?/m0/s1. The van der Waals surface area contributed by atoms with Crippen LogP contribution in [0, 0.1) is 10.8 Å². The van der Waals surface area contributed by atoms with E-state index in [0.29, 0.717) is 6.07 Å². The molecule has 8 N–H and O–H groups in total. The minimum Gasteiger partial charge on any atom is -0.361 e. The monoisotopic (exact) mass is 413 g/mol. The molecule has 1 aromatic carbocycles. The molecule has 29 heavy (non-hydrogen) atoms. The second-order valence-electron chi connectivity index (χ2n) is 7.13. The Kier molecular flexibility index (Phi) is 3.96. The van der Waals surface area contributed by atoms with Crippen molar-refractivity contribution >= 4 is 17.8 Å². The number of nitrogens with one attached hydrogen (secondary N) is 6. The molecule has 3 heterocycles. The van der Waals surface area contributed by atoms with Gasteiger partial charge in [-0.2, -0.15) is 13.2 Å². The highest BCUT2D eigenvalue weighted by Gasteiger charge is 2.72. The van der Waals surface area contributed by atoms with E-state index < -0.39 is 41.2 Å². The number of hydrogen-bond acceptors (Lipinski definition) is 5. The van der Waals surface area contributed by atoms with Gasteiger partial charge in [0.15, 0.2) is 17.6 Å². The maximum Gasteiger partial charge on any atom is 0.416 e. The summed E-state index contributed by atoms with van der Waals surface area (Å²) in [7, 11) is 0. The Bertz CT molecular complexity index is 906. The maximum absolute atomic E-state index is 12.9. The lowest BCUT2D eigenvalue weighted by atomic mass is 9.89. The highest BCUT2D eigenvalue weighted by Crippen LogP contribution is 2.41. The lowest BCUT2D eigenvalue weighted by molar-refractivity contribution is -0.229. The van der Waals surface area contributed by atoms with Crippen molar-refractivity contribution in [2.45, 2.75) is 29.7 Å². The zero-order valence-corrected chi connectivity index (χ0v) is 14.8. The molecule has 0 aromatic heterocycles. The molecule has 3 fully saturated rings. The molecule has 0 radical (unpaired) electrons. The highest BCUT2D eigenvalue weighted by molar-refractivity contribution is 5.95. The summed E-state index contributed by atoms with van der Waals surface area (Å²) in [6.45, 7) is -0.107. The number of aliphatic hydroxyl groups is 2. The van der Waals surface area contributed by atoms with Crippen molar-refractivity contribution < 1.29 is 28.2 Å². The first-order chi connectivity index (χ1) is 13.5. The van der Waals surface area contributed by atoms with Crippen LogP contribution in [0.4, 0.5) is 13.2 Å². The van der Waals surface area contributed by atoms with E-state index in [4.69, 9.17) is 10.8 Å². The van der Waals surface area contributed by atoms with E-state index in [9.17, 15) is 28.2 Å². The van der Waals surface area contributed by atoms with Crippen molar-refractivity contribution in [3.63, 3.8) is 0 Å². The van der Waals surface area contributed by atoms with Crippen molar-refractivity contribution in [2.24, 2.45) is 0 Å². The predicted octanol–water partition coefficient (Wildman–Crippen LogP) is -1.47. The summed E-state index contributed by atoms with van der Waals surface area (Å²) in [5.41, 5.74) is -3.00. The van der Waals surface area contributed by atoms with Gasteiger partial charge in [0.05, 0.1) is 11.6 Å². The number of benzene rings is 1. The van der Waals surface area contributed by atoms with Gasteiger partial charge in [0, 0.05) is 18.7 Å². The van der Waals surface area contributed by atoms with E-state index in [1.807, 2.05) is 0 Å². The third-order valence-electron chi connectivity index (χ3n) is 5.48. The molecule has 13 heteroatoms. The minimum atomic E-state index is -4.63. The smallest absolute Gasteiger partial charge is 0.361 e. The molecule has 3 aliphatic rings. The van der Waals surface area contributed by atoms with Crippen LogP contribution in [0.25, 0.3) is 0 Å². The number of hydrogen-bond donors (Lipinski definition) is 8. The summed E-state index contributed by atoms with van der Waals surface area (Å²) in [6, 6.07) is 1.69. The van der Waals surface area contributed by atoms with Crippen LogP contribution in [0.2, 0.25) is 0 Å². The third kappa shape index (κ3) is 2.68. The topological polar surface area (TPSA) is 157 Å². The average Bonchev–Trinajstić information content (AvgIpc) is 3.10. The first-order valence-electron chi connectivity index (χ1n) is 8.63. The summed E-state index contributed by atoms with van der Waals surface area (Å²) in [4.78, 5) is 13.8. The summed E-state index contributed by atoms with van der Waals surface area (Å²) >= 11 is 0. The molecule has 156 valence electrons. The van der Waals surface area contributed by atoms with Gasteiger partial charge in [-0.05, 0) is 18.2 Å². The molecule has 2 unspecified atom stereocenters. The van der Waals surface area contributed by atoms with E-state index in [1.54, 1.807) is 0 Å². The number of alkyl halides is 3. The molecule has 3 atom stereocenters. The van der Waals surface area contributed by atoms with Gasteiger partial charge >= 0.3 is 6.18 Å². The van der Waals surface area contributed by atoms with Gasteiger partial charge in [0.2, 0.25) is 5.79 Å². The van der Waals surface area contributed by atoms with Crippen LogP contribution in [0.15, 0.2) is 24.3 Å². The van der Waals surface area contributed by atoms with Crippen LogP contribution in [-0.2, 0) is 6.18 Å². The Morgan fingerprint density at radius 1 is 1.31 bits per heavy atom. The molecule has 3 saturated heterocycles. The number of halogens is 3. The normalized spacial score (nSPS) is 30.0. The van der Waals surface area contributed by atoms with Crippen LogP contribution in [-0.4, -0.2) is 69.6 Å². The molecule has 0 bridgehead atoms. The Labute approximate surface area is 162 Å². The molecule has 0 aliphatic carbocycles. The fraction of sp³-hybridized carbons (Fsp3) is 0.438. The molecule has 4 rings (SSSR count).